The van der Waals surface area contributed by atoms with Crippen molar-refractivity contribution in [3.05, 3.63) is 75.9 Å². The zero-order chi connectivity index (χ0) is 21.3. The number of nitrogens with zero attached hydrogens (tertiary/aromatic N) is 1. The molecule has 156 valence electrons. The fourth-order valence-electron chi connectivity index (χ4n) is 3.56. The van der Waals surface area contributed by atoms with Crippen LogP contribution in [0.4, 0.5) is 8.78 Å². The van der Waals surface area contributed by atoms with Gasteiger partial charge in [-0.3, -0.25) is 4.79 Å². The second-order valence-corrected chi connectivity index (χ2v) is 7.67. The average Bonchev–Trinajstić information content (AvgIpc) is 2.74. The third kappa shape index (κ3) is 4.28. The summed E-state index contributed by atoms with van der Waals surface area (Å²) >= 11 is 5.93. The number of carbonyl (C=O) groups excluding carboxylic acids is 1. The molecule has 0 radical (unpaired) electrons. The number of pyridine rings is 1. The third-order valence-corrected chi connectivity index (χ3v) is 5.38. The lowest BCUT2D eigenvalue weighted by Crippen LogP contribution is -2.48. The Morgan fingerprint density at radius 3 is 2.67 bits per heavy atom. The van der Waals surface area contributed by atoms with E-state index in [1.807, 2.05) is 0 Å². The van der Waals surface area contributed by atoms with Gasteiger partial charge in [-0.25, -0.2) is 13.8 Å². The largest absolute Gasteiger partial charge is 0.389 e. The lowest BCUT2D eigenvalue weighted by atomic mass is 9.99. The van der Waals surface area contributed by atoms with E-state index < -0.39 is 29.7 Å². The van der Waals surface area contributed by atoms with Crippen LogP contribution in [0.25, 0.3) is 10.9 Å². The summed E-state index contributed by atoms with van der Waals surface area (Å²) < 4.78 is 34.2. The summed E-state index contributed by atoms with van der Waals surface area (Å²) in [4.78, 5) is 16.9. The molecule has 1 saturated heterocycles. The lowest BCUT2D eigenvalue weighted by Gasteiger charge is -2.28. The van der Waals surface area contributed by atoms with E-state index >= 15 is 0 Å². The van der Waals surface area contributed by atoms with Crippen LogP contribution in [0.5, 0.6) is 0 Å². The number of rotatable bonds is 4. The first-order chi connectivity index (χ1) is 14.4. The standard InChI is InChI=1S/C22H19ClF2N2O3/c23-14-3-1-12(2-4-14)9-13-10-18(22(29)27-17-7-8-30-11-19(17)28)26-21-16(25)6-5-15(24)20(13)21/h1-6,10,17,19,28H,7-9,11H2,(H,27,29)/t17-,19-/m0/s1. The van der Waals surface area contributed by atoms with E-state index in [1.165, 1.54) is 6.07 Å². The Labute approximate surface area is 176 Å². The normalized spacial score (nSPS) is 19.1. The molecule has 1 fully saturated rings. The van der Waals surface area contributed by atoms with Crippen molar-refractivity contribution in [3.63, 3.8) is 0 Å². The van der Waals surface area contributed by atoms with E-state index in [0.717, 1.165) is 17.7 Å². The molecule has 2 N–H and O–H groups in total. The Morgan fingerprint density at radius 2 is 1.93 bits per heavy atom. The lowest BCUT2D eigenvalue weighted by molar-refractivity contribution is -0.0261. The van der Waals surface area contributed by atoms with Crippen LogP contribution in [0, 0.1) is 11.6 Å². The fourth-order valence-corrected chi connectivity index (χ4v) is 3.68. The first-order valence-electron chi connectivity index (χ1n) is 9.51. The molecule has 0 saturated carbocycles. The van der Waals surface area contributed by atoms with Gasteiger partial charge >= 0.3 is 0 Å². The number of aromatic nitrogens is 1. The van der Waals surface area contributed by atoms with Crippen molar-refractivity contribution in [2.45, 2.75) is 25.0 Å². The minimum Gasteiger partial charge on any atom is -0.389 e. The molecule has 0 unspecified atom stereocenters. The van der Waals surface area contributed by atoms with Gasteiger partial charge in [-0.15, -0.1) is 0 Å². The molecule has 5 nitrogen and oxygen atoms in total. The van der Waals surface area contributed by atoms with E-state index in [-0.39, 0.29) is 29.6 Å². The van der Waals surface area contributed by atoms with Crippen molar-refractivity contribution in [1.82, 2.24) is 10.3 Å². The van der Waals surface area contributed by atoms with Crippen LogP contribution in [-0.2, 0) is 11.2 Å². The van der Waals surface area contributed by atoms with Gasteiger partial charge in [0.05, 0.1) is 18.8 Å². The molecule has 1 amide bonds. The molecule has 8 heteroatoms. The van der Waals surface area contributed by atoms with Crippen molar-refractivity contribution < 1.29 is 23.4 Å². The maximum Gasteiger partial charge on any atom is 0.270 e. The van der Waals surface area contributed by atoms with E-state index in [1.54, 1.807) is 24.3 Å². The molecule has 1 aliphatic rings. The highest BCUT2D eigenvalue weighted by atomic mass is 35.5. The molecule has 0 aliphatic carbocycles. The molecule has 2 aromatic carbocycles. The molecule has 1 aromatic heterocycles. The zero-order valence-corrected chi connectivity index (χ0v) is 16.6. The van der Waals surface area contributed by atoms with Gasteiger partial charge in [0.25, 0.3) is 5.91 Å². The molecule has 2 heterocycles. The van der Waals surface area contributed by atoms with Gasteiger partial charge in [0.1, 0.15) is 22.8 Å². The maximum absolute atomic E-state index is 14.6. The number of aliphatic hydroxyl groups is 1. The molecule has 3 aromatic rings. The van der Waals surface area contributed by atoms with E-state index in [2.05, 4.69) is 10.3 Å². The highest BCUT2D eigenvalue weighted by Gasteiger charge is 2.26. The topological polar surface area (TPSA) is 71.5 Å². The quantitative estimate of drug-likeness (QED) is 0.660. The fraction of sp³-hybridized carbons (Fsp3) is 0.273. The summed E-state index contributed by atoms with van der Waals surface area (Å²) in [5.74, 6) is -1.90. The monoisotopic (exact) mass is 432 g/mol. The van der Waals surface area contributed by atoms with Gasteiger partial charge in [-0.05, 0) is 54.3 Å². The molecule has 0 spiro atoms. The van der Waals surface area contributed by atoms with Crippen molar-refractivity contribution in [3.8, 4) is 0 Å². The first kappa shape index (κ1) is 20.7. The number of hydrogen-bond acceptors (Lipinski definition) is 4. The molecule has 4 rings (SSSR count). The van der Waals surface area contributed by atoms with Gasteiger partial charge in [0, 0.05) is 17.0 Å². The second-order valence-electron chi connectivity index (χ2n) is 7.23. The smallest absolute Gasteiger partial charge is 0.270 e. The number of aliphatic hydroxyl groups excluding tert-OH is 1. The van der Waals surface area contributed by atoms with Crippen LogP contribution >= 0.6 is 11.6 Å². The highest BCUT2D eigenvalue weighted by molar-refractivity contribution is 6.30. The summed E-state index contributed by atoms with van der Waals surface area (Å²) in [7, 11) is 0. The molecule has 2 atom stereocenters. The molecular formula is C22H19ClF2N2O3. The Hall–Kier alpha value is -2.61. The van der Waals surface area contributed by atoms with Crippen molar-refractivity contribution in [2.75, 3.05) is 13.2 Å². The number of ether oxygens (including phenoxy) is 1. The van der Waals surface area contributed by atoms with Crippen molar-refractivity contribution >= 4 is 28.4 Å². The number of halogens is 3. The Balaban J connectivity index is 1.74. The van der Waals surface area contributed by atoms with Gasteiger partial charge in [0.2, 0.25) is 0 Å². The van der Waals surface area contributed by atoms with Gasteiger partial charge in [-0.1, -0.05) is 23.7 Å². The van der Waals surface area contributed by atoms with Gasteiger partial charge < -0.3 is 15.2 Å². The van der Waals surface area contributed by atoms with Crippen molar-refractivity contribution in [1.29, 1.82) is 0 Å². The van der Waals surface area contributed by atoms with Gasteiger partial charge in [-0.2, -0.15) is 0 Å². The Morgan fingerprint density at radius 1 is 1.20 bits per heavy atom. The Kier molecular flexibility index (Phi) is 5.94. The molecule has 1 aliphatic heterocycles. The van der Waals surface area contributed by atoms with Gasteiger partial charge in [0.15, 0.2) is 0 Å². The molecular weight excluding hydrogens is 414 g/mol. The second kappa shape index (κ2) is 8.63. The number of benzene rings is 2. The summed E-state index contributed by atoms with van der Waals surface area (Å²) in [6.07, 6.45) is -0.136. The maximum atomic E-state index is 14.6. The minimum absolute atomic E-state index is 0.0348. The van der Waals surface area contributed by atoms with E-state index in [9.17, 15) is 18.7 Å². The van der Waals surface area contributed by atoms with Crippen LogP contribution < -0.4 is 5.32 Å². The zero-order valence-electron chi connectivity index (χ0n) is 15.9. The third-order valence-electron chi connectivity index (χ3n) is 5.13. The summed E-state index contributed by atoms with van der Waals surface area (Å²) in [6.45, 7) is 0.534. The summed E-state index contributed by atoms with van der Waals surface area (Å²) in [5.41, 5.74) is 0.993. The molecule has 30 heavy (non-hydrogen) atoms. The predicted octanol–water partition coefficient (Wildman–Crippen LogP) is 3.64. The molecule has 0 bridgehead atoms. The van der Waals surface area contributed by atoms with Crippen LogP contribution in [-0.4, -0.2) is 41.4 Å². The van der Waals surface area contributed by atoms with Crippen LogP contribution in [0.2, 0.25) is 5.02 Å². The summed E-state index contributed by atoms with van der Waals surface area (Å²) in [6, 6.07) is 9.97. The van der Waals surface area contributed by atoms with Crippen LogP contribution in [0.1, 0.15) is 28.0 Å². The minimum atomic E-state index is -0.842. The first-order valence-corrected chi connectivity index (χ1v) is 9.89. The summed E-state index contributed by atoms with van der Waals surface area (Å²) in [5, 5.41) is 13.3. The number of fused-ring (bicyclic) bond motifs is 1. The van der Waals surface area contributed by atoms with Crippen molar-refractivity contribution in [2.24, 2.45) is 0 Å². The number of carbonyl (C=O) groups is 1. The highest BCUT2D eigenvalue weighted by Crippen LogP contribution is 2.27. The number of amides is 1. The Bertz CT molecular complexity index is 1090. The van der Waals surface area contributed by atoms with E-state index in [0.29, 0.717) is 23.6 Å². The van der Waals surface area contributed by atoms with E-state index in [4.69, 9.17) is 16.3 Å². The van der Waals surface area contributed by atoms with Crippen LogP contribution in [0.15, 0.2) is 42.5 Å². The number of nitrogens with one attached hydrogen (secondary N) is 1. The van der Waals surface area contributed by atoms with Crippen LogP contribution in [0.3, 0.4) is 0 Å². The SMILES string of the molecule is O=C(N[C@H]1CCOC[C@@H]1O)c1cc(Cc2ccc(Cl)cc2)c2c(F)ccc(F)c2n1. The number of hydrogen-bond donors (Lipinski definition) is 2. The average molecular weight is 433 g/mol. The predicted molar refractivity (Wildman–Crippen MR) is 109 cm³/mol.